The van der Waals surface area contributed by atoms with Crippen molar-refractivity contribution < 1.29 is 18.0 Å². The molecule has 0 saturated carbocycles. The SMILES string of the molecule is Cc1ccc(S(=O)(=O)N2CCN(C(=O)C[C@@H](NC(N)=O)c3ccccc3Cl)CC2)s1. The fourth-order valence-corrected chi connectivity index (χ4v) is 6.45. The van der Waals surface area contributed by atoms with E-state index < -0.39 is 22.1 Å². The quantitative estimate of drug-likeness (QED) is 0.674. The number of aryl methyl sites for hydroxylation is 1. The summed E-state index contributed by atoms with van der Waals surface area (Å²) in [6.07, 6.45) is -0.0243. The molecule has 1 aliphatic rings. The number of benzene rings is 1. The maximum absolute atomic E-state index is 12.8. The molecule has 2 heterocycles. The van der Waals surface area contributed by atoms with Crippen LogP contribution in [0.15, 0.2) is 40.6 Å². The second kappa shape index (κ2) is 9.34. The first kappa shape index (κ1) is 22.5. The third-order valence-corrected chi connectivity index (χ3v) is 8.59. The number of nitrogens with one attached hydrogen (secondary N) is 1. The number of rotatable bonds is 6. The third-order valence-electron chi connectivity index (χ3n) is 4.88. The van der Waals surface area contributed by atoms with E-state index >= 15 is 0 Å². The number of amides is 3. The van der Waals surface area contributed by atoms with Gasteiger partial charge < -0.3 is 16.0 Å². The van der Waals surface area contributed by atoms with E-state index in [0.29, 0.717) is 14.8 Å². The van der Waals surface area contributed by atoms with Gasteiger partial charge in [-0.1, -0.05) is 29.8 Å². The van der Waals surface area contributed by atoms with E-state index in [9.17, 15) is 18.0 Å². The second-order valence-corrected chi connectivity index (χ2v) is 10.8. The Bertz CT molecular complexity index is 1030. The fraction of sp³-hybridized carbons (Fsp3) is 0.368. The number of sulfonamides is 1. The molecule has 1 fully saturated rings. The molecule has 0 bridgehead atoms. The van der Waals surface area contributed by atoms with Crippen LogP contribution in [0.4, 0.5) is 4.79 Å². The van der Waals surface area contributed by atoms with Gasteiger partial charge in [-0.3, -0.25) is 4.79 Å². The smallest absolute Gasteiger partial charge is 0.312 e. The lowest BCUT2D eigenvalue weighted by molar-refractivity contribution is -0.132. The number of nitrogens with zero attached hydrogens (tertiary/aromatic N) is 2. The van der Waals surface area contributed by atoms with Crippen LogP contribution in [-0.2, 0) is 14.8 Å². The van der Waals surface area contributed by atoms with Crippen LogP contribution in [0.25, 0.3) is 0 Å². The van der Waals surface area contributed by atoms with E-state index in [0.717, 1.165) is 4.88 Å². The minimum absolute atomic E-state index is 0.0243. The average Bonchev–Trinajstić information content (AvgIpc) is 3.15. The van der Waals surface area contributed by atoms with Gasteiger partial charge in [0.15, 0.2) is 0 Å². The molecule has 0 unspecified atom stereocenters. The highest BCUT2D eigenvalue weighted by Crippen LogP contribution is 2.27. The van der Waals surface area contributed by atoms with E-state index in [4.69, 9.17) is 17.3 Å². The van der Waals surface area contributed by atoms with Gasteiger partial charge in [-0.05, 0) is 30.7 Å². The van der Waals surface area contributed by atoms with Crippen LogP contribution >= 0.6 is 22.9 Å². The molecule has 3 amide bonds. The van der Waals surface area contributed by atoms with Gasteiger partial charge in [0.05, 0.1) is 12.5 Å². The van der Waals surface area contributed by atoms with Crippen molar-refractivity contribution in [3.05, 3.63) is 51.9 Å². The summed E-state index contributed by atoms with van der Waals surface area (Å²) in [6, 6.07) is 8.88. The van der Waals surface area contributed by atoms with Gasteiger partial charge in [-0.15, -0.1) is 11.3 Å². The van der Waals surface area contributed by atoms with Crippen molar-refractivity contribution in [2.45, 2.75) is 23.6 Å². The number of halogens is 1. The fourth-order valence-electron chi connectivity index (χ4n) is 3.33. The number of thiophene rings is 1. The summed E-state index contributed by atoms with van der Waals surface area (Å²) in [7, 11) is -3.55. The number of carbonyl (C=O) groups is 2. The van der Waals surface area contributed by atoms with Gasteiger partial charge in [0.2, 0.25) is 5.91 Å². The van der Waals surface area contributed by atoms with E-state index in [2.05, 4.69) is 5.32 Å². The zero-order valence-corrected chi connectivity index (χ0v) is 18.8. The molecular weight excluding hydrogens is 448 g/mol. The van der Waals surface area contributed by atoms with Gasteiger partial charge >= 0.3 is 6.03 Å². The Hall–Kier alpha value is -2.14. The molecule has 30 heavy (non-hydrogen) atoms. The summed E-state index contributed by atoms with van der Waals surface area (Å²) < 4.78 is 27.2. The van der Waals surface area contributed by atoms with Crippen LogP contribution in [0.5, 0.6) is 0 Å². The Labute approximate surface area is 184 Å². The predicted molar refractivity (Wildman–Crippen MR) is 116 cm³/mol. The van der Waals surface area contributed by atoms with Crippen molar-refractivity contribution >= 4 is 44.9 Å². The molecule has 3 N–H and O–H groups in total. The maximum atomic E-state index is 12.8. The molecule has 1 aromatic heterocycles. The average molecular weight is 471 g/mol. The van der Waals surface area contributed by atoms with Gasteiger partial charge in [-0.2, -0.15) is 4.31 Å². The van der Waals surface area contributed by atoms with Crippen LogP contribution in [0, 0.1) is 6.92 Å². The highest BCUT2D eigenvalue weighted by Gasteiger charge is 2.32. The molecule has 8 nitrogen and oxygen atoms in total. The normalized spacial score (nSPS) is 16.3. The minimum Gasteiger partial charge on any atom is -0.352 e. The number of urea groups is 1. The van der Waals surface area contributed by atoms with Crippen molar-refractivity contribution in [3.8, 4) is 0 Å². The van der Waals surface area contributed by atoms with Crippen LogP contribution in [0.1, 0.15) is 22.9 Å². The Kier molecular flexibility index (Phi) is 7.02. The summed E-state index contributed by atoms with van der Waals surface area (Å²) in [5.74, 6) is -0.210. The molecule has 1 saturated heterocycles. The Balaban J connectivity index is 1.65. The predicted octanol–water partition coefficient (Wildman–Crippen LogP) is 2.34. The topological polar surface area (TPSA) is 113 Å². The van der Waals surface area contributed by atoms with Crippen molar-refractivity contribution in [2.24, 2.45) is 5.73 Å². The van der Waals surface area contributed by atoms with Crippen molar-refractivity contribution in [1.29, 1.82) is 0 Å². The van der Waals surface area contributed by atoms with Crippen LogP contribution in [-0.4, -0.2) is 55.7 Å². The number of piperazine rings is 1. The van der Waals surface area contributed by atoms with Gasteiger partial charge in [0.1, 0.15) is 4.21 Å². The molecule has 11 heteroatoms. The first-order valence-corrected chi connectivity index (χ1v) is 12.0. The molecule has 0 aliphatic carbocycles. The number of nitrogens with two attached hydrogens (primary N) is 1. The molecule has 162 valence electrons. The third kappa shape index (κ3) is 5.12. The molecule has 0 spiro atoms. The largest absolute Gasteiger partial charge is 0.352 e. The highest BCUT2D eigenvalue weighted by atomic mass is 35.5. The van der Waals surface area contributed by atoms with E-state index in [-0.39, 0.29) is 38.5 Å². The summed E-state index contributed by atoms with van der Waals surface area (Å²) in [5, 5.41) is 2.99. The monoisotopic (exact) mass is 470 g/mol. The lowest BCUT2D eigenvalue weighted by Crippen LogP contribution is -2.51. The summed E-state index contributed by atoms with van der Waals surface area (Å²) in [4.78, 5) is 26.8. The van der Waals surface area contributed by atoms with Gasteiger partial charge in [-0.25, -0.2) is 13.2 Å². The number of primary amides is 1. The van der Waals surface area contributed by atoms with Gasteiger partial charge in [0.25, 0.3) is 10.0 Å². The van der Waals surface area contributed by atoms with E-state index in [1.54, 1.807) is 41.3 Å². The molecule has 1 atom stereocenters. The zero-order chi connectivity index (χ0) is 21.9. The van der Waals surface area contributed by atoms with E-state index in [1.807, 2.05) is 6.92 Å². The van der Waals surface area contributed by atoms with Gasteiger partial charge in [0, 0.05) is 36.1 Å². The summed E-state index contributed by atoms with van der Waals surface area (Å²) >= 11 is 7.45. The van der Waals surface area contributed by atoms with Crippen molar-refractivity contribution in [2.75, 3.05) is 26.2 Å². The number of carbonyl (C=O) groups excluding carboxylic acids is 2. The van der Waals surface area contributed by atoms with Crippen molar-refractivity contribution in [3.63, 3.8) is 0 Å². The van der Waals surface area contributed by atoms with Crippen LogP contribution < -0.4 is 11.1 Å². The highest BCUT2D eigenvalue weighted by molar-refractivity contribution is 7.91. The summed E-state index contributed by atoms with van der Waals surface area (Å²) in [5.41, 5.74) is 5.87. The lowest BCUT2D eigenvalue weighted by atomic mass is 10.0. The summed E-state index contributed by atoms with van der Waals surface area (Å²) in [6.45, 7) is 2.83. The number of hydrogen-bond donors (Lipinski definition) is 2. The Morgan fingerprint density at radius 2 is 1.83 bits per heavy atom. The Morgan fingerprint density at radius 3 is 2.40 bits per heavy atom. The lowest BCUT2D eigenvalue weighted by Gasteiger charge is -2.34. The first-order valence-electron chi connectivity index (χ1n) is 9.33. The zero-order valence-electron chi connectivity index (χ0n) is 16.4. The standard InChI is InChI=1S/C19H23ClN4O4S2/c1-13-6-7-18(29-13)30(27,28)24-10-8-23(9-11-24)17(25)12-16(22-19(21)26)14-4-2-3-5-15(14)20/h2-7,16H,8-12H2,1H3,(H3,21,22,26)/t16-/m1/s1. The number of hydrogen-bond acceptors (Lipinski definition) is 5. The maximum Gasteiger partial charge on any atom is 0.312 e. The molecule has 1 aliphatic heterocycles. The van der Waals surface area contributed by atoms with Crippen LogP contribution in [0.3, 0.4) is 0 Å². The molecular formula is C19H23ClN4O4S2. The molecule has 2 aromatic rings. The Morgan fingerprint density at radius 1 is 1.17 bits per heavy atom. The first-order chi connectivity index (χ1) is 14.2. The molecule has 3 rings (SSSR count). The molecule has 0 radical (unpaired) electrons. The van der Waals surface area contributed by atoms with E-state index in [1.165, 1.54) is 15.6 Å². The van der Waals surface area contributed by atoms with Crippen molar-refractivity contribution in [1.82, 2.24) is 14.5 Å². The van der Waals surface area contributed by atoms with Crippen LogP contribution in [0.2, 0.25) is 5.02 Å². The minimum atomic E-state index is -3.55. The molecule has 1 aromatic carbocycles. The second-order valence-electron chi connectivity index (χ2n) is 6.94.